The van der Waals surface area contributed by atoms with Gasteiger partial charge in [0.15, 0.2) is 0 Å². The molecule has 2 N–H and O–H groups in total. The number of nitrogens with zero attached hydrogens (tertiary/aromatic N) is 1. The standard InChI is InChI=1S/C13H18F2N2O2S.ClH/c1-9-4-5-17(11(6-9)8-16)20(18,19)13-3-2-10(14)7-12(13)15;/h2-3,7,9,11H,4-6,8,16H2,1H3;1H. The molecule has 2 atom stereocenters. The first kappa shape index (κ1) is 18.3. The minimum absolute atomic E-state index is 0. The van der Waals surface area contributed by atoms with Crippen LogP contribution >= 0.6 is 12.4 Å². The van der Waals surface area contributed by atoms with E-state index in [9.17, 15) is 17.2 Å². The molecule has 8 heteroatoms. The molecule has 0 saturated carbocycles. The van der Waals surface area contributed by atoms with Gasteiger partial charge in [-0.3, -0.25) is 0 Å². The monoisotopic (exact) mass is 340 g/mol. The van der Waals surface area contributed by atoms with E-state index in [0.29, 0.717) is 31.4 Å². The fourth-order valence-corrected chi connectivity index (χ4v) is 4.28. The minimum Gasteiger partial charge on any atom is -0.329 e. The van der Waals surface area contributed by atoms with Crippen molar-refractivity contribution < 1.29 is 17.2 Å². The van der Waals surface area contributed by atoms with Gasteiger partial charge in [-0.15, -0.1) is 12.4 Å². The molecule has 0 bridgehead atoms. The summed E-state index contributed by atoms with van der Waals surface area (Å²) in [7, 11) is -3.98. The van der Waals surface area contributed by atoms with Gasteiger partial charge in [-0.2, -0.15) is 4.31 Å². The predicted octanol–water partition coefficient (Wildman–Crippen LogP) is 2.13. The molecular weight excluding hydrogens is 322 g/mol. The van der Waals surface area contributed by atoms with E-state index in [1.807, 2.05) is 6.92 Å². The summed E-state index contributed by atoms with van der Waals surface area (Å²) in [6.45, 7) is 2.53. The van der Waals surface area contributed by atoms with Crippen molar-refractivity contribution in [2.75, 3.05) is 13.1 Å². The lowest BCUT2D eigenvalue weighted by Gasteiger charge is -2.36. The van der Waals surface area contributed by atoms with E-state index < -0.39 is 26.6 Å². The molecule has 1 aromatic rings. The summed E-state index contributed by atoms with van der Waals surface area (Å²) in [6, 6.07) is 2.15. The zero-order chi connectivity index (χ0) is 14.9. The van der Waals surface area contributed by atoms with Crippen molar-refractivity contribution in [1.82, 2.24) is 4.31 Å². The molecule has 120 valence electrons. The van der Waals surface area contributed by atoms with Crippen LogP contribution in [0.25, 0.3) is 0 Å². The highest BCUT2D eigenvalue weighted by Gasteiger charge is 2.36. The average molecular weight is 341 g/mol. The quantitative estimate of drug-likeness (QED) is 0.916. The Morgan fingerprint density at radius 3 is 2.62 bits per heavy atom. The van der Waals surface area contributed by atoms with Crippen molar-refractivity contribution in [1.29, 1.82) is 0 Å². The van der Waals surface area contributed by atoms with Crippen LogP contribution in [0.15, 0.2) is 23.1 Å². The second-order valence-electron chi connectivity index (χ2n) is 5.21. The van der Waals surface area contributed by atoms with Crippen molar-refractivity contribution in [2.24, 2.45) is 11.7 Å². The molecule has 2 rings (SSSR count). The fraction of sp³-hybridized carbons (Fsp3) is 0.538. The highest BCUT2D eigenvalue weighted by molar-refractivity contribution is 7.89. The number of hydrogen-bond acceptors (Lipinski definition) is 3. The van der Waals surface area contributed by atoms with Gasteiger partial charge in [0.05, 0.1) is 0 Å². The lowest BCUT2D eigenvalue weighted by atomic mass is 9.94. The summed E-state index contributed by atoms with van der Waals surface area (Å²) in [5.41, 5.74) is 5.63. The third-order valence-electron chi connectivity index (χ3n) is 3.68. The van der Waals surface area contributed by atoms with Crippen LogP contribution in [-0.4, -0.2) is 31.9 Å². The van der Waals surface area contributed by atoms with Crippen LogP contribution < -0.4 is 5.73 Å². The molecular formula is C13H19ClF2N2O2S. The summed E-state index contributed by atoms with van der Waals surface area (Å²) in [6.07, 6.45) is 1.36. The van der Waals surface area contributed by atoms with Gasteiger partial charge >= 0.3 is 0 Å². The van der Waals surface area contributed by atoms with Gasteiger partial charge in [0.25, 0.3) is 0 Å². The number of sulfonamides is 1. The predicted molar refractivity (Wildman–Crippen MR) is 78.7 cm³/mol. The normalized spacial score (nSPS) is 23.6. The van der Waals surface area contributed by atoms with Crippen molar-refractivity contribution >= 4 is 22.4 Å². The SMILES string of the molecule is CC1CCN(S(=O)(=O)c2ccc(F)cc2F)C(CN)C1.Cl. The largest absolute Gasteiger partial charge is 0.329 e. The Kier molecular flexibility index (Phi) is 6.10. The molecule has 0 aliphatic carbocycles. The third kappa shape index (κ3) is 3.71. The lowest BCUT2D eigenvalue weighted by Crippen LogP contribution is -2.49. The van der Waals surface area contributed by atoms with Gasteiger partial charge in [-0.25, -0.2) is 17.2 Å². The zero-order valence-corrected chi connectivity index (χ0v) is 13.3. The molecule has 1 saturated heterocycles. The van der Waals surface area contributed by atoms with Crippen LogP contribution in [0.1, 0.15) is 19.8 Å². The first-order chi connectivity index (χ1) is 9.36. The Morgan fingerprint density at radius 2 is 2.05 bits per heavy atom. The van der Waals surface area contributed by atoms with E-state index in [4.69, 9.17) is 5.73 Å². The smallest absolute Gasteiger partial charge is 0.246 e. The highest BCUT2D eigenvalue weighted by atomic mass is 35.5. The number of hydrogen-bond donors (Lipinski definition) is 1. The van der Waals surface area contributed by atoms with Crippen LogP contribution in [0.3, 0.4) is 0 Å². The first-order valence-corrected chi connectivity index (χ1v) is 7.97. The first-order valence-electron chi connectivity index (χ1n) is 6.53. The van der Waals surface area contributed by atoms with Crippen LogP contribution in [0.2, 0.25) is 0 Å². The van der Waals surface area contributed by atoms with E-state index in [1.165, 1.54) is 4.31 Å². The van der Waals surface area contributed by atoms with Crippen molar-refractivity contribution in [3.8, 4) is 0 Å². The van der Waals surface area contributed by atoms with E-state index >= 15 is 0 Å². The molecule has 2 unspecified atom stereocenters. The van der Waals surface area contributed by atoms with Crippen molar-refractivity contribution in [2.45, 2.75) is 30.7 Å². The number of piperidine rings is 1. The van der Waals surface area contributed by atoms with E-state index in [0.717, 1.165) is 12.1 Å². The maximum atomic E-state index is 13.7. The second-order valence-corrected chi connectivity index (χ2v) is 7.07. The Bertz CT molecular complexity index is 598. The highest BCUT2D eigenvalue weighted by Crippen LogP contribution is 2.29. The zero-order valence-electron chi connectivity index (χ0n) is 11.6. The number of halogens is 3. The number of nitrogens with two attached hydrogens (primary N) is 1. The molecule has 0 aromatic heterocycles. The lowest BCUT2D eigenvalue weighted by molar-refractivity contribution is 0.210. The number of benzene rings is 1. The van der Waals surface area contributed by atoms with Crippen LogP contribution in [0.4, 0.5) is 8.78 Å². The molecule has 1 aromatic carbocycles. The third-order valence-corrected chi connectivity index (χ3v) is 5.66. The average Bonchev–Trinajstić information content (AvgIpc) is 2.37. The molecule has 1 aliphatic rings. The molecule has 1 aliphatic heterocycles. The molecule has 1 heterocycles. The van der Waals surface area contributed by atoms with E-state index in [2.05, 4.69) is 0 Å². The summed E-state index contributed by atoms with van der Waals surface area (Å²) < 4.78 is 52.9. The second kappa shape index (κ2) is 7.00. The molecule has 0 amide bonds. The Balaban J connectivity index is 0.00000220. The maximum absolute atomic E-state index is 13.7. The van der Waals surface area contributed by atoms with Gasteiger partial charge in [-0.05, 0) is 30.9 Å². The van der Waals surface area contributed by atoms with E-state index in [1.54, 1.807) is 0 Å². The molecule has 0 spiro atoms. The minimum atomic E-state index is -3.98. The summed E-state index contributed by atoms with van der Waals surface area (Å²) in [5.74, 6) is -1.49. The Labute approximate surface area is 129 Å². The number of rotatable bonds is 3. The molecule has 1 fully saturated rings. The van der Waals surface area contributed by atoms with Crippen molar-refractivity contribution in [3.63, 3.8) is 0 Å². The maximum Gasteiger partial charge on any atom is 0.246 e. The van der Waals surface area contributed by atoms with Gasteiger partial charge in [0.1, 0.15) is 16.5 Å². The van der Waals surface area contributed by atoms with Gasteiger partial charge in [0.2, 0.25) is 10.0 Å². The van der Waals surface area contributed by atoms with Gasteiger partial charge in [0, 0.05) is 25.2 Å². The summed E-state index contributed by atoms with van der Waals surface area (Å²) in [4.78, 5) is -0.494. The van der Waals surface area contributed by atoms with Crippen LogP contribution in [0, 0.1) is 17.6 Å². The topological polar surface area (TPSA) is 63.4 Å². The molecule has 21 heavy (non-hydrogen) atoms. The summed E-state index contributed by atoms with van der Waals surface area (Å²) >= 11 is 0. The van der Waals surface area contributed by atoms with E-state index in [-0.39, 0.29) is 25.0 Å². The van der Waals surface area contributed by atoms with Crippen molar-refractivity contribution in [3.05, 3.63) is 29.8 Å². The Morgan fingerprint density at radius 1 is 1.38 bits per heavy atom. The van der Waals surface area contributed by atoms with Gasteiger partial charge < -0.3 is 5.73 Å². The van der Waals surface area contributed by atoms with Crippen LogP contribution in [0.5, 0.6) is 0 Å². The Hall–Kier alpha value is -0.760. The molecule has 0 radical (unpaired) electrons. The summed E-state index contributed by atoms with van der Waals surface area (Å²) in [5, 5.41) is 0. The van der Waals surface area contributed by atoms with Gasteiger partial charge in [-0.1, -0.05) is 6.92 Å². The fourth-order valence-electron chi connectivity index (χ4n) is 2.57. The molecule has 4 nitrogen and oxygen atoms in total. The van der Waals surface area contributed by atoms with Crippen LogP contribution in [-0.2, 0) is 10.0 Å².